The molecule has 40 heavy (non-hydrogen) atoms. The molecule has 220 valence electrons. The number of rotatable bonds is 20. The average molecular weight is 632 g/mol. The molecule has 1 aromatic heterocycles. The van der Waals surface area contributed by atoms with E-state index < -0.39 is 0 Å². The van der Waals surface area contributed by atoms with Crippen LogP contribution in [0.1, 0.15) is 95.1 Å². The Kier molecular flexibility index (Phi) is 17.3. The first-order valence-corrected chi connectivity index (χ1v) is 15.7. The van der Waals surface area contributed by atoms with E-state index in [4.69, 9.17) is 9.47 Å². The summed E-state index contributed by atoms with van der Waals surface area (Å²) in [4.78, 5) is 12.7. The van der Waals surface area contributed by atoms with Crippen molar-refractivity contribution in [1.82, 2.24) is 0 Å². The molecule has 0 atom stereocenters. The van der Waals surface area contributed by atoms with Gasteiger partial charge in [0.1, 0.15) is 0 Å². The second-order valence-corrected chi connectivity index (χ2v) is 11.1. The number of carbonyl (C=O) groups is 1. The summed E-state index contributed by atoms with van der Waals surface area (Å²) < 4.78 is 13.7. The number of amides is 1. The molecule has 0 radical (unpaired) electrons. The highest BCUT2D eigenvalue weighted by Gasteiger charge is 2.10. The molecule has 0 saturated heterocycles. The van der Waals surface area contributed by atoms with Gasteiger partial charge in [-0.2, -0.15) is 4.57 Å². The highest BCUT2D eigenvalue weighted by Crippen LogP contribution is 2.29. The van der Waals surface area contributed by atoms with E-state index in [1.807, 2.05) is 30.3 Å². The summed E-state index contributed by atoms with van der Waals surface area (Å²) >= 11 is 1.68. The number of carbonyl (C=O) groups excluding carboxylic acids is 1. The van der Waals surface area contributed by atoms with E-state index >= 15 is 0 Å². The fourth-order valence-corrected chi connectivity index (χ4v) is 5.31. The van der Waals surface area contributed by atoms with Gasteiger partial charge in [-0.15, -0.1) is 0 Å². The molecule has 3 rings (SSSR count). The van der Waals surface area contributed by atoms with Crippen LogP contribution in [0.5, 0.6) is 11.5 Å². The number of ether oxygens (including phenoxy) is 2. The van der Waals surface area contributed by atoms with Crippen molar-refractivity contribution in [3.63, 3.8) is 0 Å². The minimum absolute atomic E-state index is 0. The Labute approximate surface area is 256 Å². The molecule has 7 heteroatoms. The fraction of sp³-hybridized carbons (Fsp3) is 0.515. The lowest BCUT2D eigenvalue weighted by atomic mass is 10.1. The van der Waals surface area contributed by atoms with Crippen molar-refractivity contribution in [1.29, 1.82) is 0 Å². The highest BCUT2D eigenvalue weighted by atomic mass is 79.9. The Morgan fingerprint density at radius 1 is 0.825 bits per heavy atom. The van der Waals surface area contributed by atoms with Crippen LogP contribution in [0, 0.1) is 0 Å². The zero-order valence-corrected chi connectivity index (χ0v) is 26.7. The second-order valence-electron chi connectivity index (χ2n) is 10.3. The van der Waals surface area contributed by atoms with Crippen LogP contribution >= 0.6 is 11.3 Å². The Bertz CT molecular complexity index is 1070. The van der Waals surface area contributed by atoms with Gasteiger partial charge in [0.25, 0.3) is 0 Å². The number of benzene rings is 2. The Hall–Kier alpha value is -2.38. The summed E-state index contributed by atoms with van der Waals surface area (Å²) in [6.07, 6.45) is 18.2. The van der Waals surface area contributed by atoms with Crippen molar-refractivity contribution >= 4 is 22.9 Å². The van der Waals surface area contributed by atoms with Gasteiger partial charge in [-0.3, -0.25) is 4.79 Å². The summed E-state index contributed by atoms with van der Waals surface area (Å²) in [6.45, 7) is 3.76. The Morgan fingerprint density at radius 2 is 1.45 bits per heavy atom. The number of nitrogens with zero attached hydrogens (tertiary/aromatic N) is 1. The lowest BCUT2D eigenvalue weighted by Gasteiger charge is -2.13. The molecular formula is C33H47BrN2O3S. The molecule has 0 aliphatic heterocycles. The maximum atomic E-state index is 12.7. The van der Waals surface area contributed by atoms with Crippen LogP contribution in [0.3, 0.4) is 0 Å². The van der Waals surface area contributed by atoms with Gasteiger partial charge in [-0.05, 0) is 36.2 Å². The Morgan fingerprint density at radius 3 is 2.05 bits per heavy atom. The monoisotopic (exact) mass is 630 g/mol. The maximum absolute atomic E-state index is 12.7. The molecule has 0 spiro atoms. The summed E-state index contributed by atoms with van der Waals surface area (Å²) in [6, 6.07) is 13.8. The molecule has 0 aliphatic carbocycles. The smallest absolute Gasteiger partial charge is 0.228 e. The number of methoxy groups -OCH3 is 1. The number of aromatic nitrogens is 1. The first-order chi connectivity index (χ1) is 19.2. The van der Waals surface area contributed by atoms with Crippen molar-refractivity contribution in [2.24, 2.45) is 0 Å². The van der Waals surface area contributed by atoms with Gasteiger partial charge in [0.2, 0.25) is 11.4 Å². The quantitative estimate of drug-likeness (QED) is 0.135. The predicted octanol–water partition coefficient (Wildman–Crippen LogP) is 5.36. The van der Waals surface area contributed by atoms with Crippen molar-refractivity contribution < 1.29 is 35.8 Å². The summed E-state index contributed by atoms with van der Waals surface area (Å²) in [5.74, 6) is 1.37. The van der Waals surface area contributed by atoms with E-state index in [0.717, 1.165) is 24.2 Å². The second kappa shape index (κ2) is 20.5. The molecule has 1 amide bonds. The van der Waals surface area contributed by atoms with Crippen LogP contribution in [-0.2, 0) is 17.8 Å². The van der Waals surface area contributed by atoms with Crippen molar-refractivity contribution in [2.45, 2.75) is 96.9 Å². The molecule has 1 heterocycles. The largest absolute Gasteiger partial charge is 1.00 e. The van der Waals surface area contributed by atoms with Crippen molar-refractivity contribution in [3.8, 4) is 11.5 Å². The normalized spacial score (nSPS) is 10.7. The summed E-state index contributed by atoms with van der Waals surface area (Å²) in [5.41, 5.74) is 4.99. The van der Waals surface area contributed by atoms with Crippen LogP contribution in [0.15, 0.2) is 59.6 Å². The summed E-state index contributed by atoms with van der Waals surface area (Å²) in [5, 5.41) is 5.06. The van der Waals surface area contributed by atoms with Crippen LogP contribution in [0.25, 0.3) is 0 Å². The number of thiazole rings is 1. The van der Waals surface area contributed by atoms with Gasteiger partial charge < -0.3 is 31.8 Å². The molecule has 0 unspecified atom stereocenters. The molecule has 0 bridgehead atoms. The van der Waals surface area contributed by atoms with Crippen molar-refractivity contribution in [2.75, 3.05) is 19.0 Å². The van der Waals surface area contributed by atoms with Gasteiger partial charge in [0.05, 0.1) is 25.5 Å². The van der Waals surface area contributed by atoms with Crippen LogP contribution in [0.2, 0.25) is 0 Å². The number of nitrogens with one attached hydrogen (secondary N) is 1. The predicted molar refractivity (Wildman–Crippen MR) is 162 cm³/mol. The third-order valence-corrected chi connectivity index (χ3v) is 7.65. The maximum Gasteiger partial charge on any atom is 0.228 e. The minimum Gasteiger partial charge on any atom is -1.00 e. The molecular weight excluding hydrogens is 584 g/mol. The fourth-order valence-electron chi connectivity index (χ4n) is 4.72. The number of hydrogen-bond donors (Lipinski definition) is 1. The molecule has 0 fully saturated rings. The number of hydrogen-bond acceptors (Lipinski definition) is 4. The molecule has 1 N–H and O–H groups in total. The molecule has 0 aliphatic rings. The Balaban J connectivity index is 0.00000560. The average Bonchev–Trinajstić information content (AvgIpc) is 3.45. The van der Waals surface area contributed by atoms with E-state index in [1.165, 1.54) is 76.2 Å². The lowest BCUT2D eigenvalue weighted by Crippen LogP contribution is -3.00. The van der Waals surface area contributed by atoms with E-state index in [9.17, 15) is 4.79 Å². The van der Waals surface area contributed by atoms with Crippen LogP contribution < -0.4 is 36.3 Å². The molecule has 0 saturated carbocycles. The van der Waals surface area contributed by atoms with Crippen LogP contribution in [-0.4, -0.2) is 19.6 Å². The van der Waals surface area contributed by atoms with Gasteiger partial charge in [-0.25, -0.2) is 0 Å². The van der Waals surface area contributed by atoms with E-state index in [0.29, 0.717) is 18.1 Å². The van der Waals surface area contributed by atoms with E-state index in [1.54, 1.807) is 18.4 Å². The zero-order chi connectivity index (χ0) is 27.5. The SMILES string of the molecule is CCCCCCCCCCCCCCOc1cc(CC(=O)Nc2ccc(C[n+]3ccsc3)cc2)ccc1OC.[Br-]. The lowest BCUT2D eigenvalue weighted by molar-refractivity contribution is -0.683. The number of anilines is 1. The zero-order valence-electron chi connectivity index (χ0n) is 24.3. The molecule has 3 aromatic rings. The first-order valence-electron chi connectivity index (χ1n) is 14.8. The standard InChI is InChI=1S/C33H46N2O3S.BrH/c1-3-4-5-6-7-8-9-10-11-12-13-14-22-38-32-24-29(17-20-31(32)37-2)25-33(36)34-30-18-15-28(16-19-30)26-35-21-23-39-27-35;/h15-21,23-24,27H,3-14,22,25-26H2,1-2H3;1H. The van der Waals surface area contributed by atoms with E-state index in [-0.39, 0.29) is 29.3 Å². The minimum atomic E-state index is -0.0490. The van der Waals surface area contributed by atoms with Gasteiger partial charge >= 0.3 is 0 Å². The molecule has 2 aromatic carbocycles. The number of halogens is 1. The first kappa shape index (κ1) is 33.8. The number of unbranched alkanes of at least 4 members (excludes halogenated alkanes) is 11. The van der Waals surface area contributed by atoms with Crippen LogP contribution in [0.4, 0.5) is 5.69 Å². The summed E-state index contributed by atoms with van der Waals surface area (Å²) in [7, 11) is 1.65. The third-order valence-electron chi connectivity index (χ3n) is 6.98. The van der Waals surface area contributed by atoms with Gasteiger partial charge in [-0.1, -0.05) is 107 Å². The van der Waals surface area contributed by atoms with Gasteiger partial charge in [0.15, 0.2) is 24.2 Å². The van der Waals surface area contributed by atoms with E-state index in [2.05, 4.69) is 46.0 Å². The topological polar surface area (TPSA) is 51.4 Å². The molecule has 5 nitrogen and oxygen atoms in total. The third kappa shape index (κ3) is 13.3. The van der Waals surface area contributed by atoms with Gasteiger partial charge in [0, 0.05) is 11.3 Å². The van der Waals surface area contributed by atoms with Crippen molar-refractivity contribution in [3.05, 3.63) is 70.7 Å². The highest BCUT2D eigenvalue weighted by molar-refractivity contribution is 7.07.